The minimum absolute atomic E-state index is 0.385. The fourth-order valence-corrected chi connectivity index (χ4v) is 3.66. The van der Waals surface area contributed by atoms with Gasteiger partial charge in [0.15, 0.2) is 23.0 Å². The highest BCUT2D eigenvalue weighted by Crippen LogP contribution is 2.42. The molecule has 0 atom stereocenters. The molecule has 6 heteroatoms. The van der Waals surface area contributed by atoms with Crippen LogP contribution < -0.4 is 18.9 Å². The first-order valence-corrected chi connectivity index (χ1v) is 9.62. The number of ether oxygens (including phenoxy) is 5. The van der Waals surface area contributed by atoms with E-state index in [0.717, 1.165) is 22.3 Å². The lowest BCUT2D eigenvalue weighted by Crippen LogP contribution is -1.99. The van der Waals surface area contributed by atoms with Gasteiger partial charge in [-0.3, -0.25) is 0 Å². The maximum absolute atomic E-state index is 12.5. The van der Waals surface area contributed by atoms with Gasteiger partial charge in [0.25, 0.3) is 0 Å². The number of esters is 1. The molecule has 0 saturated carbocycles. The van der Waals surface area contributed by atoms with Gasteiger partial charge in [-0.15, -0.1) is 0 Å². The average molecular weight is 418 g/mol. The van der Waals surface area contributed by atoms with Crippen LogP contribution in [0.25, 0.3) is 11.3 Å². The number of benzene rings is 3. The third kappa shape index (κ3) is 3.57. The molecule has 1 aliphatic heterocycles. The summed E-state index contributed by atoms with van der Waals surface area (Å²) in [6.07, 6.45) is 0. The van der Waals surface area contributed by atoms with E-state index in [9.17, 15) is 4.79 Å². The van der Waals surface area contributed by atoms with E-state index in [2.05, 4.69) is 0 Å². The minimum atomic E-state index is -0.385. The SMILES string of the molecule is COc1ccc(C(=C2OC(=O)c3ccccc32)c2ccc(OC)c(OC)c2)cc1OC. The van der Waals surface area contributed by atoms with Crippen LogP contribution in [0.2, 0.25) is 0 Å². The van der Waals surface area contributed by atoms with Crippen molar-refractivity contribution in [3.05, 3.63) is 82.9 Å². The Hall–Kier alpha value is -3.93. The third-order valence-corrected chi connectivity index (χ3v) is 5.16. The summed E-state index contributed by atoms with van der Waals surface area (Å²) in [5.74, 6) is 2.43. The van der Waals surface area contributed by atoms with Crippen molar-refractivity contribution in [2.24, 2.45) is 0 Å². The van der Waals surface area contributed by atoms with E-state index in [0.29, 0.717) is 34.3 Å². The fourth-order valence-electron chi connectivity index (χ4n) is 3.66. The molecule has 1 aliphatic rings. The fraction of sp³-hybridized carbons (Fsp3) is 0.160. The van der Waals surface area contributed by atoms with Crippen molar-refractivity contribution in [1.29, 1.82) is 0 Å². The van der Waals surface area contributed by atoms with E-state index in [1.54, 1.807) is 34.5 Å². The molecule has 0 saturated heterocycles. The Bertz CT molecular complexity index is 1120. The molecule has 0 unspecified atom stereocenters. The molecule has 4 rings (SSSR count). The van der Waals surface area contributed by atoms with Crippen LogP contribution >= 0.6 is 0 Å². The summed E-state index contributed by atoms with van der Waals surface area (Å²) in [7, 11) is 6.33. The van der Waals surface area contributed by atoms with Crippen LogP contribution in [0.15, 0.2) is 60.7 Å². The number of fused-ring (bicyclic) bond motifs is 1. The van der Waals surface area contributed by atoms with Crippen molar-refractivity contribution in [2.75, 3.05) is 28.4 Å². The summed E-state index contributed by atoms with van der Waals surface area (Å²) < 4.78 is 27.5. The molecular formula is C25H22O6. The molecule has 0 N–H and O–H groups in total. The van der Waals surface area contributed by atoms with Crippen molar-refractivity contribution >= 4 is 17.3 Å². The van der Waals surface area contributed by atoms with Crippen molar-refractivity contribution in [1.82, 2.24) is 0 Å². The van der Waals surface area contributed by atoms with Gasteiger partial charge in [-0.25, -0.2) is 4.79 Å². The van der Waals surface area contributed by atoms with Crippen LogP contribution in [0.4, 0.5) is 0 Å². The molecule has 0 aromatic heterocycles. The summed E-state index contributed by atoms with van der Waals surface area (Å²) >= 11 is 0. The standard InChI is InChI=1S/C25H22O6/c1-27-19-11-9-15(13-21(19)29-3)23(16-10-12-20(28-2)22(14-16)30-4)24-17-7-5-6-8-18(17)25(26)31-24/h5-14H,1-4H3. The Labute approximate surface area is 180 Å². The normalized spacial score (nSPS) is 12.1. The second-order valence-corrected chi connectivity index (χ2v) is 6.78. The quantitative estimate of drug-likeness (QED) is 0.536. The molecule has 0 aliphatic carbocycles. The van der Waals surface area contributed by atoms with E-state index in [4.69, 9.17) is 23.7 Å². The number of hydrogen-bond acceptors (Lipinski definition) is 6. The lowest BCUT2D eigenvalue weighted by Gasteiger charge is -2.16. The summed E-state index contributed by atoms with van der Waals surface area (Å²) in [6, 6.07) is 18.5. The Morgan fingerprint density at radius 2 is 1.13 bits per heavy atom. The Morgan fingerprint density at radius 3 is 1.61 bits per heavy atom. The van der Waals surface area contributed by atoms with Gasteiger partial charge in [0.2, 0.25) is 0 Å². The molecule has 0 spiro atoms. The average Bonchev–Trinajstić information content (AvgIpc) is 3.15. The first kappa shape index (κ1) is 20.3. The maximum Gasteiger partial charge on any atom is 0.344 e. The van der Waals surface area contributed by atoms with Crippen molar-refractivity contribution in [3.63, 3.8) is 0 Å². The third-order valence-electron chi connectivity index (χ3n) is 5.16. The van der Waals surface area contributed by atoms with Gasteiger partial charge in [0.1, 0.15) is 5.76 Å². The minimum Gasteiger partial charge on any atom is -0.493 e. The number of carbonyl (C=O) groups excluding carboxylic acids is 1. The first-order chi connectivity index (χ1) is 15.1. The van der Waals surface area contributed by atoms with E-state index in [1.807, 2.05) is 54.6 Å². The molecule has 3 aromatic carbocycles. The summed E-state index contributed by atoms with van der Waals surface area (Å²) in [4.78, 5) is 12.5. The lowest BCUT2D eigenvalue weighted by atomic mass is 9.93. The predicted molar refractivity (Wildman–Crippen MR) is 117 cm³/mol. The summed E-state index contributed by atoms with van der Waals surface area (Å²) in [6.45, 7) is 0. The van der Waals surface area contributed by atoms with Crippen LogP contribution in [0.3, 0.4) is 0 Å². The Balaban J connectivity index is 2.01. The molecule has 6 nitrogen and oxygen atoms in total. The molecule has 31 heavy (non-hydrogen) atoms. The highest BCUT2D eigenvalue weighted by atomic mass is 16.5. The zero-order valence-electron chi connectivity index (χ0n) is 17.7. The number of rotatable bonds is 6. The topological polar surface area (TPSA) is 63.2 Å². The zero-order valence-corrected chi connectivity index (χ0v) is 17.7. The van der Waals surface area contributed by atoms with E-state index >= 15 is 0 Å². The molecule has 0 fully saturated rings. The predicted octanol–water partition coefficient (Wildman–Crippen LogP) is 4.81. The largest absolute Gasteiger partial charge is 0.493 e. The van der Waals surface area contributed by atoms with Crippen molar-refractivity contribution in [3.8, 4) is 23.0 Å². The van der Waals surface area contributed by atoms with Crippen LogP contribution in [0.5, 0.6) is 23.0 Å². The van der Waals surface area contributed by atoms with Gasteiger partial charge in [-0.05, 0) is 41.5 Å². The molecule has 158 valence electrons. The van der Waals surface area contributed by atoms with Crippen LogP contribution in [0, 0.1) is 0 Å². The molecule has 0 amide bonds. The molecule has 1 heterocycles. The van der Waals surface area contributed by atoms with E-state index in [1.165, 1.54) is 0 Å². The van der Waals surface area contributed by atoms with Crippen molar-refractivity contribution in [2.45, 2.75) is 0 Å². The van der Waals surface area contributed by atoms with Crippen LogP contribution in [0.1, 0.15) is 27.0 Å². The van der Waals surface area contributed by atoms with Gasteiger partial charge in [-0.1, -0.05) is 30.3 Å². The zero-order chi connectivity index (χ0) is 22.0. The van der Waals surface area contributed by atoms with Crippen LogP contribution in [-0.4, -0.2) is 34.4 Å². The Morgan fingerprint density at radius 1 is 0.645 bits per heavy atom. The number of methoxy groups -OCH3 is 4. The maximum atomic E-state index is 12.5. The van der Waals surface area contributed by atoms with Crippen molar-refractivity contribution < 1.29 is 28.5 Å². The highest BCUT2D eigenvalue weighted by molar-refractivity contribution is 6.10. The second-order valence-electron chi connectivity index (χ2n) is 6.78. The molecular weight excluding hydrogens is 396 g/mol. The number of carbonyl (C=O) groups is 1. The number of hydrogen-bond donors (Lipinski definition) is 0. The molecule has 3 aromatic rings. The smallest absolute Gasteiger partial charge is 0.344 e. The number of cyclic esters (lactones) is 1. The van der Waals surface area contributed by atoms with Crippen LogP contribution in [-0.2, 0) is 4.74 Å². The van der Waals surface area contributed by atoms with Gasteiger partial charge in [0.05, 0.1) is 34.0 Å². The second kappa shape index (κ2) is 8.44. The van der Waals surface area contributed by atoms with E-state index in [-0.39, 0.29) is 5.97 Å². The van der Waals surface area contributed by atoms with Gasteiger partial charge in [-0.2, -0.15) is 0 Å². The first-order valence-electron chi connectivity index (χ1n) is 9.62. The molecule has 0 bridgehead atoms. The van der Waals surface area contributed by atoms with Gasteiger partial charge in [0, 0.05) is 11.1 Å². The monoisotopic (exact) mass is 418 g/mol. The van der Waals surface area contributed by atoms with Gasteiger partial charge < -0.3 is 23.7 Å². The Kier molecular flexibility index (Phi) is 5.54. The lowest BCUT2D eigenvalue weighted by molar-refractivity contribution is 0.0716. The highest BCUT2D eigenvalue weighted by Gasteiger charge is 2.30. The summed E-state index contributed by atoms with van der Waals surface area (Å²) in [5.41, 5.74) is 3.57. The molecule has 0 radical (unpaired) electrons. The summed E-state index contributed by atoms with van der Waals surface area (Å²) in [5, 5.41) is 0. The van der Waals surface area contributed by atoms with E-state index < -0.39 is 0 Å². The van der Waals surface area contributed by atoms with Gasteiger partial charge >= 0.3 is 5.97 Å².